The number of nitrogens with zero attached hydrogens (tertiary/aromatic N) is 1. The fourth-order valence-electron chi connectivity index (χ4n) is 3.03. The number of aromatic nitrogens is 1. The highest BCUT2D eigenvalue weighted by Gasteiger charge is 2.23. The number of sulfonamides is 1. The highest BCUT2D eigenvalue weighted by atomic mass is 32.2. The number of ether oxygens (including phenoxy) is 2. The standard InChI is InChI=1S/C20H25N3O7S/c1-11-18(13(3)24)12(2)21-19(11)20(26)30-10-17(25)22-15-9-14(7-8-16(15)29-6)31(27,28)23(4)5/h7-9,21H,10H2,1-6H3,(H,22,25). The highest BCUT2D eigenvalue weighted by Crippen LogP contribution is 2.28. The Labute approximate surface area is 180 Å². The summed E-state index contributed by atoms with van der Waals surface area (Å²) in [6.07, 6.45) is 0. The van der Waals surface area contributed by atoms with Crippen LogP contribution in [0.3, 0.4) is 0 Å². The maximum absolute atomic E-state index is 12.3. The molecule has 2 aromatic rings. The molecular weight excluding hydrogens is 426 g/mol. The van der Waals surface area contributed by atoms with E-state index in [9.17, 15) is 22.8 Å². The van der Waals surface area contributed by atoms with Crippen molar-refractivity contribution in [2.75, 3.05) is 33.1 Å². The van der Waals surface area contributed by atoms with Gasteiger partial charge in [0.2, 0.25) is 10.0 Å². The van der Waals surface area contributed by atoms with Gasteiger partial charge in [-0.25, -0.2) is 17.5 Å². The smallest absolute Gasteiger partial charge is 0.355 e. The Hall–Kier alpha value is -3.18. The third-order valence-corrected chi connectivity index (χ3v) is 6.36. The van der Waals surface area contributed by atoms with E-state index < -0.39 is 28.5 Å². The summed E-state index contributed by atoms with van der Waals surface area (Å²) in [5, 5.41) is 2.48. The summed E-state index contributed by atoms with van der Waals surface area (Å²) < 4.78 is 35.9. The number of Topliss-reactive ketones (excluding diaryl/α,β-unsaturated/α-hetero) is 1. The molecule has 168 valence electrons. The van der Waals surface area contributed by atoms with Crippen molar-refractivity contribution >= 4 is 33.4 Å². The summed E-state index contributed by atoms with van der Waals surface area (Å²) in [4.78, 5) is 39.1. The molecular formula is C20H25N3O7S. The van der Waals surface area contributed by atoms with Gasteiger partial charge in [0.15, 0.2) is 12.4 Å². The zero-order valence-corrected chi connectivity index (χ0v) is 19.0. The van der Waals surface area contributed by atoms with Gasteiger partial charge in [-0.1, -0.05) is 0 Å². The average molecular weight is 452 g/mol. The van der Waals surface area contributed by atoms with Crippen molar-refractivity contribution < 1.29 is 32.3 Å². The summed E-state index contributed by atoms with van der Waals surface area (Å²) in [5.41, 5.74) is 1.58. The topological polar surface area (TPSA) is 135 Å². The third kappa shape index (κ3) is 5.12. The second kappa shape index (κ2) is 9.31. The van der Waals surface area contributed by atoms with Crippen LogP contribution in [-0.2, 0) is 19.6 Å². The molecule has 10 nitrogen and oxygen atoms in total. The number of methoxy groups -OCH3 is 1. The van der Waals surface area contributed by atoms with Crippen LogP contribution in [0.15, 0.2) is 23.1 Å². The van der Waals surface area contributed by atoms with Gasteiger partial charge in [0.05, 0.1) is 17.7 Å². The number of hydrogen-bond acceptors (Lipinski definition) is 7. The molecule has 1 heterocycles. The Kier molecular flexibility index (Phi) is 7.24. The Morgan fingerprint density at radius 1 is 1.16 bits per heavy atom. The lowest BCUT2D eigenvalue weighted by atomic mass is 10.1. The molecule has 0 aliphatic carbocycles. The first-order chi connectivity index (χ1) is 14.4. The lowest BCUT2D eigenvalue weighted by Crippen LogP contribution is -2.24. The van der Waals surface area contributed by atoms with Crippen molar-refractivity contribution in [2.24, 2.45) is 0 Å². The predicted octanol–water partition coefficient (Wildman–Crippen LogP) is 1.89. The minimum absolute atomic E-state index is 0.0418. The Bertz CT molecular complexity index is 1130. The van der Waals surface area contributed by atoms with E-state index in [-0.39, 0.29) is 27.8 Å². The van der Waals surface area contributed by atoms with Crippen LogP contribution in [0.4, 0.5) is 5.69 Å². The average Bonchev–Trinajstić information content (AvgIpc) is 3.00. The molecule has 0 spiro atoms. The summed E-state index contributed by atoms with van der Waals surface area (Å²) in [7, 11) is 0.419. The molecule has 2 N–H and O–H groups in total. The summed E-state index contributed by atoms with van der Waals surface area (Å²) in [6, 6.07) is 4.02. The number of carbonyl (C=O) groups is 3. The molecule has 11 heteroatoms. The molecule has 2 rings (SSSR count). The van der Waals surface area contributed by atoms with Crippen molar-refractivity contribution in [1.82, 2.24) is 9.29 Å². The first-order valence-electron chi connectivity index (χ1n) is 9.17. The van der Waals surface area contributed by atoms with Gasteiger partial charge in [0, 0.05) is 25.4 Å². The number of amides is 1. The number of nitrogens with one attached hydrogen (secondary N) is 2. The SMILES string of the molecule is COc1ccc(S(=O)(=O)N(C)C)cc1NC(=O)COC(=O)c1[nH]c(C)c(C(C)=O)c1C. The van der Waals surface area contributed by atoms with Crippen LogP contribution in [0.1, 0.15) is 39.0 Å². The summed E-state index contributed by atoms with van der Waals surface area (Å²) in [5.74, 6) is -1.44. The highest BCUT2D eigenvalue weighted by molar-refractivity contribution is 7.89. The Balaban J connectivity index is 2.15. The van der Waals surface area contributed by atoms with Gasteiger partial charge in [-0.05, 0) is 44.5 Å². The zero-order valence-electron chi connectivity index (χ0n) is 18.2. The molecule has 0 saturated heterocycles. The van der Waals surface area contributed by atoms with E-state index in [0.717, 1.165) is 4.31 Å². The fraction of sp³-hybridized carbons (Fsp3) is 0.350. The van der Waals surface area contributed by atoms with Crippen LogP contribution in [-0.4, -0.2) is 63.2 Å². The Morgan fingerprint density at radius 3 is 2.32 bits per heavy atom. The molecule has 1 amide bonds. The third-order valence-electron chi connectivity index (χ3n) is 4.55. The molecule has 1 aromatic heterocycles. The van der Waals surface area contributed by atoms with Gasteiger partial charge in [-0.15, -0.1) is 0 Å². The lowest BCUT2D eigenvalue weighted by Gasteiger charge is -2.15. The van der Waals surface area contributed by atoms with E-state index in [0.29, 0.717) is 16.8 Å². The molecule has 0 unspecified atom stereocenters. The molecule has 0 saturated carbocycles. The molecule has 0 fully saturated rings. The van der Waals surface area contributed by atoms with Crippen molar-refractivity contribution in [3.63, 3.8) is 0 Å². The second-order valence-electron chi connectivity index (χ2n) is 6.96. The van der Waals surface area contributed by atoms with Gasteiger partial charge in [0.1, 0.15) is 11.4 Å². The molecule has 0 atom stereocenters. The minimum atomic E-state index is -3.73. The second-order valence-corrected chi connectivity index (χ2v) is 9.11. The number of aryl methyl sites for hydroxylation is 1. The van der Waals surface area contributed by atoms with Crippen molar-refractivity contribution in [3.8, 4) is 5.75 Å². The molecule has 0 aliphatic heterocycles. The van der Waals surface area contributed by atoms with Crippen LogP contribution in [0.5, 0.6) is 5.75 Å². The first-order valence-corrected chi connectivity index (χ1v) is 10.6. The summed E-state index contributed by atoms with van der Waals surface area (Å²) >= 11 is 0. The van der Waals surface area contributed by atoms with Gasteiger partial charge in [-0.3, -0.25) is 9.59 Å². The first kappa shape index (κ1) is 24.1. The quantitative estimate of drug-likeness (QED) is 0.462. The predicted molar refractivity (Wildman–Crippen MR) is 113 cm³/mol. The van der Waals surface area contributed by atoms with E-state index >= 15 is 0 Å². The van der Waals surface area contributed by atoms with Gasteiger partial charge < -0.3 is 19.8 Å². The van der Waals surface area contributed by atoms with E-state index in [4.69, 9.17) is 9.47 Å². The zero-order chi connectivity index (χ0) is 23.5. The number of benzene rings is 1. The molecule has 0 radical (unpaired) electrons. The maximum Gasteiger partial charge on any atom is 0.355 e. The van der Waals surface area contributed by atoms with E-state index in [1.165, 1.54) is 46.3 Å². The Morgan fingerprint density at radius 2 is 1.81 bits per heavy atom. The molecule has 0 bridgehead atoms. The number of H-pyrrole nitrogens is 1. The molecule has 1 aromatic carbocycles. The number of rotatable bonds is 8. The summed E-state index contributed by atoms with van der Waals surface area (Å²) in [6.45, 7) is 4.04. The molecule has 31 heavy (non-hydrogen) atoms. The monoisotopic (exact) mass is 451 g/mol. The normalized spacial score (nSPS) is 11.3. The fourth-order valence-corrected chi connectivity index (χ4v) is 3.96. The number of anilines is 1. The van der Waals surface area contributed by atoms with Crippen LogP contribution >= 0.6 is 0 Å². The number of hydrogen-bond donors (Lipinski definition) is 2. The maximum atomic E-state index is 12.3. The lowest BCUT2D eigenvalue weighted by molar-refractivity contribution is -0.119. The number of carbonyl (C=O) groups excluding carboxylic acids is 3. The van der Waals surface area contributed by atoms with Gasteiger partial charge in [0.25, 0.3) is 5.91 Å². The number of aromatic amines is 1. The number of esters is 1. The van der Waals surface area contributed by atoms with E-state index in [1.807, 2.05) is 0 Å². The van der Waals surface area contributed by atoms with Crippen LogP contribution in [0, 0.1) is 13.8 Å². The van der Waals surface area contributed by atoms with Crippen molar-refractivity contribution in [2.45, 2.75) is 25.7 Å². The molecule has 0 aliphatic rings. The van der Waals surface area contributed by atoms with Crippen LogP contribution < -0.4 is 10.1 Å². The number of ketones is 1. The minimum Gasteiger partial charge on any atom is -0.495 e. The van der Waals surface area contributed by atoms with Gasteiger partial charge in [-0.2, -0.15) is 0 Å². The van der Waals surface area contributed by atoms with Crippen molar-refractivity contribution in [1.29, 1.82) is 0 Å². The van der Waals surface area contributed by atoms with E-state index in [1.54, 1.807) is 13.8 Å². The van der Waals surface area contributed by atoms with Gasteiger partial charge >= 0.3 is 5.97 Å². The van der Waals surface area contributed by atoms with Crippen molar-refractivity contribution in [3.05, 3.63) is 40.7 Å². The largest absolute Gasteiger partial charge is 0.495 e. The van der Waals surface area contributed by atoms with Crippen LogP contribution in [0.25, 0.3) is 0 Å². The van der Waals surface area contributed by atoms with E-state index in [2.05, 4.69) is 10.3 Å². The van der Waals surface area contributed by atoms with Crippen LogP contribution in [0.2, 0.25) is 0 Å².